The molecule has 1 heterocycles. The molecule has 1 unspecified atom stereocenters. The smallest absolute Gasteiger partial charge is 0.307 e. The van der Waals surface area contributed by atoms with Crippen molar-refractivity contribution in [2.75, 3.05) is 7.11 Å². The molecule has 90 valence electrons. The van der Waals surface area contributed by atoms with Crippen molar-refractivity contribution in [1.29, 1.82) is 0 Å². The van der Waals surface area contributed by atoms with Crippen LogP contribution >= 0.6 is 0 Å². The van der Waals surface area contributed by atoms with Crippen LogP contribution < -0.4 is 4.74 Å². The summed E-state index contributed by atoms with van der Waals surface area (Å²) in [6.45, 7) is 0. The molecule has 1 aliphatic heterocycles. The second-order valence-electron chi connectivity index (χ2n) is 3.77. The Morgan fingerprint density at radius 1 is 1.59 bits per heavy atom. The lowest BCUT2D eigenvalue weighted by molar-refractivity contribution is -0.139. The van der Waals surface area contributed by atoms with E-state index in [4.69, 9.17) is 14.7 Å². The Bertz CT molecular complexity index is 456. The van der Waals surface area contributed by atoms with Gasteiger partial charge in [-0.25, -0.2) is 0 Å². The van der Waals surface area contributed by atoms with Crippen molar-refractivity contribution in [2.45, 2.75) is 18.9 Å². The van der Waals surface area contributed by atoms with Crippen molar-refractivity contribution in [2.24, 2.45) is 5.16 Å². The van der Waals surface area contributed by atoms with Gasteiger partial charge in [0.05, 0.1) is 19.2 Å². The molecule has 0 spiro atoms. The summed E-state index contributed by atoms with van der Waals surface area (Å²) < 4.78 is 5.22. The number of rotatable bonds is 4. The standard InChI is InChI=1S/C12H13NO4/c1-16-11-5-3-2-4-9(11)10-6-8(17-13-10)7-12(14)15/h2-5,8H,6-7H2,1H3,(H,14,15). The molecular weight excluding hydrogens is 222 g/mol. The van der Waals surface area contributed by atoms with Gasteiger partial charge in [0, 0.05) is 12.0 Å². The predicted octanol–water partition coefficient (Wildman–Crippen LogP) is 1.66. The zero-order chi connectivity index (χ0) is 12.3. The molecule has 0 saturated carbocycles. The first kappa shape index (κ1) is 11.4. The molecule has 1 aliphatic rings. The lowest BCUT2D eigenvalue weighted by Crippen LogP contribution is -2.14. The van der Waals surface area contributed by atoms with Crippen molar-refractivity contribution in [3.63, 3.8) is 0 Å². The van der Waals surface area contributed by atoms with Gasteiger partial charge >= 0.3 is 5.97 Å². The molecule has 0 aromatic heterocycles. The van der Waals surface area contributed by atoms with E-state index in [9.17, 15) is 4.79 Å². The third-order valence-electron chi connectivity index (χ3n) is 2.55. The quantitative estimate of drug-likeness (QED) is 0.861. The highest BCUT2D eigenvalue weighted by Crippen LogP contribution is 2.25. The predicted molar refractivity (Wildman–Crippen MR) is 61.3 cm³/mol. The van der Waals surface area contributed by atoms with Crippen LogP contribution in [0, 0.1) is 0 Å². The van der Waals surface area contributed by atoms with E-state index in [1.165, 1.54) is 0 Å². The van der Waals surface area contributed by atoms with Crippen LogP contribution in [0.3, 0.4) is 0 Å². The molecule has 17 heavy (non-hydrogen) atoms. The molecule has 1 aromatic carbocycles. The van der Waals surface area contributed by atoms with E-state index < -0.39 is 5.97 Å². The SMILES string of the molecule is COc1ccccc1C1=NOC(CC(=O)O)C1. The van der Waals surface area contributed by atoms with Crippen LogP contribution in [-0.4, -0.2) is 30.0 Å². The second kappa shape index (κ2) is 4.86. The summed E-state index contributed by atoms with van der Waals surface area (Å²) in [6, 6.07) is 7.46. The molecule has 0 bridgehead atoms. The molecule has 0 radical (unpaired) electrons. The summed E-state index contributed by atoms with van der Waals surface area (Å²) in [6.07, 6.45) is 0.0712. The Labute approximate surface area is 98.6 Å². The number of carboxylic acids is 1. The minimum absolute atomic E-state index is 0.0395. The van der Waals surface area contributed by atoms with Crippen LogP contribution in [0.5, 0.6) is 5.75 Å². The average molecular weight is 235 g/mol. The maximum absolute atomic E-state index is 10.6. The molecule has 2 rings (SSSR count). The summed E-state index contributed by atoms with van der Waals surface area (Å²) in [4.78, 5) is 15.6. The van der Waals surface area contributed by atoms with E-state index in [0.717, 1.165) is 11.3 Å². The molecule has 5 nitrogen and oxygen atoms in total. The first-order valence-electron chi connectivity index (χ1n) is 5.28. The van der Waals surface area contributed by atoms with Gasteiger partial charge in [-0.15, -0.1) is 0 Å². The van der Waals surface area contributed by atoms with E-state index in [2.05, 4.69) is 5.16 Å². The maximum Gasteiger partial charge on any atom is 0.307 e. The molecular formula is C12H13NO4. The van der Waals surface area contributed by atoms with Crippen molar-refractivity contribution < 1.29 is 19.5 Å². The van der Waals surface area contributed by atoms with Gasteiger partial charge < -0.3 is 14.7 Å². The molecule has 0 aliphatic carbocycles. The molecule has 0 fully saturated rings. The minimum atomic E-state index is -0.883. The number of methoxy groups -OCH3 is 1. The number of hydrogen-bond acceptors (Lipinski definition) is 4. The van der Waals surface area contributed by atoms with E-state index in [-0.39, 0.29) is 12.5 Å². The minimum Gasteiger partial charge on any atom is -0.496 e. The van der Waals surface area contributed by atoms with E-state index in [0.29, 0.717) is 12.2 Å². The van der Waals surface area contributed by atoms with Crippen molar-refractivity contribution in [3.8, 4) is 5.75 Å². The summed E-state index contributed by atoms with van der Waals surface area (Å²) in [7, 11) is 1.59. The third kappa shape index (κ3) is 2.55. The lowest BCUT2D eigenvalue weighted by atomic mass is 10.0. The van der Waals surface area contributed by atoms with Gasteiger partial charge in [0.15, 0.2) is 0 Å². The normalized spacial score (nSPS) is 18.4. The zero-order valence-electron chi connectivity index (χ0n) is 9.42. The highest BCUT2D eigenvalue weighted by Gasteiger charge is 2.25. The van der Waals surface area contributed by atoms with Gasteiger partial charge in [0.25, 0.3) is 0 Å². The number of ether oxygens (including phenoxy) is 1. The molecule has 0 saturated heterocycles. The van der Waals surface area contributed by atoms with Gasteiger partial charge in [0.1, 0.15) is 11.9 Å². The molecule has 1 aromatic rings. The number of carbonyl (C=O) groups is 1. The Hall–Kier alpha value is -2.04. The maximum atomic E-state index is 10.6. The summed E-state index contributed by atoms with van der Waals surface area (Å²) >= 11 is 0. The zero-order valence-corrected chi connectivity index (χ0v) is 9.42. The largest absolute Gasteiger partial charge is 0.496 e. The van der Waals surface area contributed by atoms with E-state index in [1.807, 2.05) is 24.3 Å². The summed E-state index contributed by atoms with van der Waals surface area (Å²) in [5, 5.41) is 12.6. The fraction of sp³-hybridized carbons (Fsp3) is 0.333. The molecule has 1 atom stereocenters. The fourth-order valence-corrected chi connectivity index (χ4v) is 1.77. The van der Waals surface area contributed by atoms with Gasteiger partial charge in [-0.1, -0.05) is 17.3 Å². The molecule has 1 N–H and O–H groups in total. The summed E-state index contributed by atoms with van der Waals surface area (Å²) in [5.41, 5.74) is 1.58. The van der Waals surface area contributed by atoms with Crippen LogP contribution in [-0.2, 0) is 9.63 Å². The first-order valence-corrected chi connectivity index (χ1v) is 5.28. The Morgan fingerprint density at radius 3 is 3.06 bits per heavy atom. The number of nitrogens with zero attached hydrogens (tertiary/aromatic N) is 1. The van der Waals surface area contributed by atoms with Crippen molar-refractivity contribution in [1.82, 2.24) is 0 Å². The number of benzene rings is 1. The number of para-hydroxylation sites is 1. The molecule has 5 heteroatoms. The van der Waals surface area contributed by atoms with Crippen LogP contribution in [0.2, 0.25) is 0 Å². The van der Waals surface area contributed by atoms with Crippen LogP contribution in [0.1, 0.15) is 18.4 Å². The Kier molecular flexibility index (Phi) is 3.27. The number of aliphatic carboxylic acids is 1. The van der Waals surface area contributed by atoms with Gasteiger partial charge in [-0.05, 0) is 12.1 Å². The topological polar surface area (TPSA) is 68.1 Å². The van der Waals surface area contributed by atoms with Gasteiger partial charge in [0.2, 0.25) is 0 Å². The first-order chi connectivity index (χ1) is 8.20. The van der Waals surface area contributed by atoms with Crippen LogP contribution in [0.4, 0.5) is 0 Å². The monoisotopic (exact) mass is 235 g/mol. The van der Waals surface area contributed by atoms with E-state index in [1.54, 1.807) is 7.11 Å². The average Bonchev–Trinajstić information content (AvgIpc) is 2.76. The highest BCUT2D eigenvalue weighted by atomic mass is 16.6. The fourth-order valence-electron chi connectivity index (χ4n) is 1.77. The highest BCUT2D eigenvalue weighted by molar-refractivity contribution is 6.03. The van der Waals surface area contributed by atoms with Gasteiger partial charge in [-0.2, -0.15) is 0 Å². The summed E-state index contributed by atoms with van der Waals surface area (Å²) in [5.74, 6) is -0.169. The van der Waals surface area contributed by atoms with Crippen molar-refractivity contribution >= 4 is 11.7 Å². The number of oxime groups is 1. The number of carboxylic acid groups (broad SMARTS) is 1. The number of hydrogen-bond donors (Lipinski definition) is 1. The Balaban J connectivity index is 2.12. The van der Waals surface area contributed by atoms with Crippen LogP contribution in [0.15, 0.2) is 29.4 Å². The second-order valence-corrected chi connectivity index (χ2v) is 3.77. The lowest BCUT2D eigenvalue weighted by Gasteiger charge is -2.06. The van der Waals surface area contributed by atoms with Crippen LogP contribution in [0.25, 0.3) is 0 Å². The van der Waals surface area contributed by atoms with Gasteiger partial charge in [-0.3, -0.25) is 4.79 Å². The molecule has 0 amide bonds. The van der Waals surface area contributed by atoms with Crippen molar-refractivity contribution in [3.05, 3.63) is 29.8 Å². The Morgan fingerprint density at radius 2 is 2.35 bits per heavy atom. The van der Waals surface area contributed by atoms with E-state index >= 15 is 0 Å². The third-order valence-corrected chi connectivity index (χ3v) is 2.55.